The predicted molar refractivity (Wildman–Crippen MR) is 97.4 cm³/mol. The van der Waals surface area contributed by atoms with E-state index in [0.29, 0.717) is 12.3 Å². The zero-order valence-corrected chi connectivity index (χ0v) is 16.6. The van der Waals surface area contributed by atoms with Crippen LogP contribution >= 0.6 is 0 Å². The van der Waals surface area contributed by atoms with Crippen molar-refractivity contribution in [2.45, 2.75) is 65.0 Å². The van der Waals surface area contributed by atoms with Crippen LogP contribution in [0.15, 0.2) is 12.7 Å². The quantitative estimate of drug-likeness (QED) is 0.675. The molecule has 0 aromatic heterocycles. The fraction of sp³-hybridized carbons (Fsp3) is 0.842. The molecular weight excluding hydrogens is 338 g/mol. The zero-order valence-electron chi connectivity index (χ0n) is 15.8. The van der Waals surface area contributed by atoms with E-state index in [4.69, 9.17) is 4.74 Å². The van der Waals surface area contributed by atoms with Crippen LogP contribution in [0.4, 0.5) is 0 Å². The SMILES string of the molecule is C=CCCC(OC)C(C)C(=O)N1C2CC3CCC2(CS1(=O)=O)C3(C)C. The Hall–Kier alpha value is -0.880. The van der Waals surface area contributed by atoms with Gasteiger partial charge in [0.1, 0.15) is 0 Å². The molecule has 25 heavy (non-hydrogen) atoms. The van der Waals surface area contributed by atoms with Crippen LogP contribution in [0.2, 0.25) is 0 Å². The Bertz CT molecular complexity index is 671. The highest BCUT2D eigenvalue weighted by atomic mass is 32.2. The Morgan fingerprint density at radius 2 is 2.12 bits per heavy atom. The Morgan fingerprint density at radius 3 is 2.68 bits per heavy atom. The van der Waals surface area contributed by atoms with Crippen molar-refractivity contribution in [3.63, 3.8) is 0 Å². The van der Waals surface area contributed by atoms with Gasteiger partial charge in [0, 0.05) is 12.5 Å². The number of hydrogen-bond acceptors (Lipinski definition) is 4. The van der Waals surface area contributed by atoms with E-state index < -0.39 is 15.9 Å². The van der Waals surface area contributed by atoms with Gasteiger partial charge in [-0.2, -0.15) is 0 Å². The van der Waals surface area contributed by atoms with Gasteiger partial charge in [0.2, 0.25) is 15.9 Å². The maximum absolute atomic E-state index is 13.2. The van der Waals surface area contributed by atoms with Gasteiger partial charge < -0.3 is 4.74 Å². The second-order valence-electron chi connectivity index (χ2n) is 8.68. The topological polar surface area (TPSA) is 63.7 Å². The van der Waals surface area contributed by atoms with E-state index in [0.717, 1.165) is 25.7 Å². The van der Waals surface area contributed by atoms with Gasteiger partial charge in [-0.15, -0.1) is 6.58 Å². The molecule has 3 fully saturated rings. The average molecular weight is 370 g/mol. The summed E-state index contributed by atoms with van der Waals surface area (Å²) >= 11 is 0. The van der Waals surface area contributed by atoms with Crippen LogP contribution < -0.4 is 0 Å². The van der Waals surface area contributed by atoms with Crippen molar-refractivity contribution in [3.05, 3.63) is 12.7 Å². The first kappa shape index (κ1) is 18.9. The molecule has 0 radical (unpaired) electrons. The molecule has 1 spiro atoms. The molecule has 142 valence electrons. The van der Waals surface area contributed by atoms with Crippen molar-refractivity contribution in [1.82, 2.24) is 4.31 Å². The Morgan fingerprint density at radius 1 is 1.44 bits per heavy atom. The summed E-state index contributed by atoms with van der Waals surface area (Å²) in [6.07, 6.45) is 5.73. The lowest BCUT2D eigenvalue weighted by atomic mass is 9.69. The number of ether oxygens (including phenoxy) is 1. The third kappa shape index (κ3) is 2.51. The van der Waals surface area contributed by atoms with Crippen LogP contribution in [0.25, 0.3) is 0 Å². The minimum atomic E-state index is -3.56. The van der Waals surface area contributed by atoms with Gasteiger partial charge in [0.15, 0.2) is 0 Å². The molecule has 6 heteroatoms. The Kier molecular flexibility index (Phi) is 4.60. The van der Waals surface area contributed by atoms with E-state index in [2.05, 4.69) is 20.4 Å². The van der Waals surface area contributed by atoms with Gasteiger partial charge in [-0.05, 0) is 43.4 Å². The fourth-order valence-electron chi connectivity index (χ4n) is 5.79. The molecule has 0 aromatic rings. The van der Waals surface area contributed by atoms with Crippen LogP contribution in [-0.4, -0.2) is 43.6 Å². The summed E-state index contributed by atoms with van der Waals surface area (Å²) < 4.78 is 32.7. The molecule has 1 heterocycles. The van der Waals surface area contributed by atoms with Crippen molar-refractivity contribution >= 4 is 15.9 Å². The Balaban J connectivity index is 1.89. The summed E-state index contributed by atoms with van der Waals surface area (Å²) in [7, 11) is -1.98. The molecular formula is C19H31NO4S. The lowest BCUT2D eigenvalue weighted by Crippen LogP contribution is -2.48. The minimum absolute atomic E-state index is 0.0213. The predicted octanol–water partition coefficient (Wildman–Crippen LogP) is 2.97. The fourth-order valence-corrected chi connectivity index (χ4v) is 8.41. The van der Waals surface area contributed by atoms with E-state index in [-0.39, 0.29) is 34.6 Å². The first-order valence-electron chi connectivity index (χ1n) is 9.32. The molecule has 5 unspecified atom stereocenters. The number of allylic oxidation sites excluding steroid dienone is 1. The molecule has 5 atom stereocenters. The van der Waals surface area contributed by atoms with Gasteiger partial charge in [0.05, 0.1) is 23.8 Å². The summed E-state index contributed by atoms with van der Waals surface area (Å²) in [6.45, 7) is 9.89. The van der Waals surface area contributed by atoms with Gasteiger partial charge in [-0.3, -0.25) is 4.79 Å². The second-order valence-corrected chi connectivity index (χ2v) is 10.5. The number of hydrogen-bond donors (Lipinski definition) is 0. The molecule has 2 aliphatic carbocycles. The molecule has 2 saturated carbocycles. The number of carbonyl (C=O) groups excluding carboxylic acids is 1. The molecule has 5 nitrogen and oxygen atoms in total. The molecule has 0 N–H and O–H groups in total. The van der Waals surface area contributed by atoms with Gasteiger partial charge in [-0.25, -0.2) is 12.7 Å². The molecule has 3 rings (SSSR count). The largest absolute Gasteiger partial charge is 0.381 e. The summed E-state index contributed by atoms with van der Waals surface area (Å²) in [6, 6.07) is -0.168. The van der Waals surface area contributed by atoms with Crippen LogP contribution in [0.5, 0.6) is 0 Å². The highest BCUT2D eigenvalue weighted by Crippen LogP contribution is 2.70. The number of methoxy groups -OCH3 is 1. The monoisotopic (exact) mass is 369 g/mol. The number of nitrogens with zero attached hydrogens (tertiary/aromatic N) is 1. The number of rotatable bonds is 6. The standard InChI is InChI=1S/C19H31NO4S/c1-6-7-8-15(24-5)13(2)17(21)20-16-11-14-9-10-19(16,18(14,3)4)12-25(20,22)23/h6,13-16H,1,7-12H2,2-5H3. The van der Waals surface area contributed by atoms with Gasteiger partial charge in [0.25, 0.3) is 0 Å². The molecule has 3 aliphatic rings. The summed E-state index contributed by atoms with van der Waals surface area (Å²) in [5.74, 6) is -0.132. The summed E-state index contributed by atoms with van der Waals surface area (Å²) in [4.78, 5) is 13.2. The Labute approximate surface area is 151 Å². The first-order chi connectivity index (χ1) is 11.6. The lowest BCUT2D eigenvalue weighted by molar-refractivity contribution is -0.137. The lowest BCUT2D eigenvalue weighted by Gasteiger charge is -2.37. The highest BCUT2D eigenvalue weighted by molar-refractivity contribution is 7.90. The normalized spacial score (nSPS) is 36.9. The first-order valence-corrected chi connectivity index (χ1v) is 10.9. The van der Waals surface area contributed by atoms with Crippen LogP contribution in [0.1, 0.15) is 52.9 Å². The minimum Gasteiger partial charge on any atom is -0.381 e. The maximum atomic E-state index is 13.2. The number of fused-ring (bicyclic) bond motifs is 1. The van der Waals surface area contributed by atoms with E-state index in [1.54, 1.807) is 20.1 Å². The van der Waals surface area contributed by atoms with Crippen molar-refractivity contribution in [3.8, 4) is 0 Å². The molecule has 0 aromatic carbocycles. The van der Waals surface area contributed by atoms with Crippen molar-refractivity contribution in [2.75, 3.05) is 12.9 Å². The maximum Gasteiger partial charge on any atom is 0.241 e. The second kappa shape index (κ2) is 6.08. The average Bonchev–Trinajstić information content (AvgIpc) is 3.02. The van der Waals surface area contributed by atoms with Crippen molar-refractivity contribution in [1.29, 1.82) is 0 Å². The van der Waals surface area contributed by atoms with E-state index in [9.17, 15) is 13.2 Å². The molecule has 1 saturated heterocycles. The van der Waals surface area contributed by atoms with Crippen LogP contribution in [-0.2, 0) is 19.6 Å². The third-order valence-corrected chi connectivity index (χ3v) is 9.45. The van der Waals surface area contributed by atoms with E-state index in [1.165, 1.54) is 4.31 Å². The van der Waals surface area contributed by atoms with Gasteiger partial charge >= 0.3 is 0 Å². The number of sulfonamides is 1. The summed E-state index contributed by atoms with van der Waals surface area (Å²) in [5, 5.41) is 0. The van der Waals surface area contributed by atoms with E-state index in [1.807, 2.05) is 0 Å². The third-order valence-electron chi connectivity index (χ3n) is 7.53. The van der Waals surface area contributed by atoms with Crippen molar-refractivity contribution in [2.24, 2.45) is 22.7 Å². The van der Waals surface area contributed by atoms with E-state index >= 15 is 0 Å². The highest BCUT2D eigenvalue weighted by Gasteiger charge is 2.72. The van der Waals surface area contributed by atoms with Crippen molar-refractivity contribution < 1.29 is 17.9 Å². The number of carbonyl (C=O) groups is 1. The summed E-state index contributed by atoms with van der Waals surface area (Å²) in [5.41, 5.74) is -0.290. The molecule has 1 aliphatic heterocycles. The molecule has 1 amide bonds. The van der Waals surface area contributed by atoms with Crippen LogP contribution in [0.3, 0.4) is 0 Å². The smallest absolute Gasteiger partial charge is 0.241 e. The zero-order chi connectivity index (χ0) is 18.6. The van der Waals surface area contributed by atoms with Crippen LogP contribution in [0, 0.1) is 22.7 Å². The van der Waals surface area contributed by atoms with Gasteiger partial charge in [-0.1, -0.05) is 26.8 Å². The molecule has 2 bridgehead atoms. The number of amides is 1.